The van der Waals surface area contributed by atoms with E-state index in [2.05, 4.69) is 5.32 Å². The minimum Gasteiger partial charge on any atom is -0.478 e. The zero-order valence-electron chi connectivity index (χ0n) is 20.2. The molecule has 0 aliphatic carbocycles. The molecule has 3 aromatic carbocycles. The number of carboxylic acid groups (broad SMARTS) is 1. The normalized spacial score (nSPS) is 13.0. The number of halogens is 1. The lowest BCUT2D eigenvalue weighted by Crippen LogP contribution is -2.48. The minimum atomic E-state index is -2.18. The maximum absolute atomic E-state index is 13.1. The third-order valence-corrected chi connectivity index (χ3v) is 5.58. The maximum Gasteiger partial charge on any atom is 0.352 e. The first-order valence-corrected chi connectivity index (χ1v) is 12.2. The SMILES string of the molecule is O=C(O[C@H](C(=O)O[C@@H](CCl)CNCc1ccccc1)[C@@H](OC(=O)c1ccccc1)C(=O)O)c1ccccc1. The number of alkyl halides is 1. The monoisotopic (exact) mass is 539 g/mol. The summed E-state index contributed by atoms with van der Waals surface area (Å²) in [5.41, 5.74) is 1.09. The lowest BCUT2D eigenvalue weighted by molar-refractivity contribution is -0.173. The molecule has 0 aliphatic rings. The van der Waals surface area contributed by atoms with Gasteiger partial charge in [0, 0.05) is 13.1 Å². The topological polar surface area (TPSA) is 128 Å². The molecule has 0 saturated carbocycles. The van der Waals surface area contributed by atoms with E-state index in [0.29, 0.717) is 6.54 Å². The van der Waals surface area contributed by atoms with E-state index in [9.17, 15) is 24.3 Å². The standard InChI is InChI=1S/C28H26ClNO8/c29-16-22(18-30-17-19-10-4-1-5-11-19)36-28(35)24(38-27(34)21-14-8-3-9-15-21)23(25(31)32)37-26(33)20-12-6-2-7-13-20/h1-15,22-24,30H,16-18H2,(H,31,32)/t22-,23+,24-/m0/s1. The molecule has 2 N–H and O–H groups in total. The van der Waals surface area contributed by atoms with Crippen molar-refractivity contribution in [2.75, 3.05) is 12.4 Å². The van der Waals surface area contributed by atoms with Crippen LogP contribution in [0.5, 0.6) is 0 Å². The second-order valence-electron chi connectivity index (χ2n) is 8.05. The highest BCUT2D eigenvalue weighted by atomic mass is 35.5. The molecule has 0 heterocycles. The highest BCUT2D eigenvalue weighted by Crippen LogP contribution is 2.16. The summed E-state index contributed by atoms with van der Waals surface area (Å²) >= 11 is 5.98. The van der Waals surface area contributed by atoms with Gasteiger partial charge in [-0.15, -0.1) is 11.6 Å². The molecule has 9 nitrogen and oxygen atoms in total. The molecule has 0 aromatic heterocycles. The number of hydrogen-bond donors (Lipinski definition) is 2. The Hall–Kier alpha value is -4.21. The van der Waals surface area contributed by atoms with Gasteiger partial charge in [-0.05, 0) is 29.8 Å². The van der Waals surface area contributed by atoms with Crippen molar-refractivity contribution in [3.63, 3.8) is 0 Å². The van der Waals surface area contributed by atoms with Crippen LogP contribution in [0.15, 0.2) is 91.0 Å². The van der Waals surface area contributed by atoms with E-state index in [4.69, 9.17) is 25.8 Å². The van der Waals surface area contributed by atoms with E-state index in [0.717, 1.165) is 5.56 Å². The maximum atomic E-state index is 13.1. The van der Waals surface area contributed by atoms with Crippen LogP contribution >= 0.6 is 11.6 Å². The average Bonchev–Trinajstić information content (AvgIpc) is 2.95. The Morgan fingerprint density at radius 3 is 1.66 bits per heavy atom. The molecule has 0 fully saturated rings. The summed E-state index contributed by atoms with van der Waals surface area (Å²) in [6.07, 6.45) is -5.19. The number of esters is 3. The Morgan fingerprint density at radius 2 is 1.18 bits per heavy atom. The molecular formula is C28H26ClNO8. The predicted octanol–water partition coefficient (Wildman–Crippen LogP) is 3.46. The Bertz CT molecular complexity index is 1210. The minimum absolute atomic E-state index is 0.0454. The van der Waals surface area contributed by atoms with E-state index in [-0.39, 0.29) is 23.6 Å². The third kappa shape index (κ3) is 8.43. The van der Waals surface area contributed by atoms with E-state index >= 15 is 0 Å². The van der Waals surface area contributed by atoms with E-state index in [1.165, 1.54) is 24.3 Å². The first-order valence-electron chi connectivity index (χ1n) is 11.6. The van der Waals surface area contributed by atoms with E-state index in [1.54, 1.807) is 36.4 Å². The molecule has 3 rings (SSSR count). The molecule has 3 atom stereocenters. The van der Waals surface area contributed by atoms with Crippen molar-refractivity contribution in [3.8, 4) is 0 Å². The molecule has 3 aromatic rings. The Kier molecular flexibility index (Phi) is 10.8. The van der Waals surface area contributed by atoms with Gasteiger partial charge in [0.15, 0.2) is 0 Å². The van der Waals surface area contributed by atoms with Crippen LogP contribution in [0.25, 0.3) is 0 Å². The van der Waals surface area contributed by atoms with E-state index in [1.807, 2.05) is 30.3 Å². The van der Waals surface area contributed by atoms with Crippen LogP contribution in [0.3, 0.4) is 0 Å². The summed E-state index contributed by atoms with van der Waals surface area (Å²) in [5, 5.41) is 12.9. The summed E-state index contributed by atoms with van der Waals surface area (Å²) in [6.45, 7) is 0.593. The van der Waals surface area contributed by atoms with Crippen LogP contribution in [-0.2, 0) is 30.3 Å². The van der Waals surface area contributed by atoms with Crippen molar-refractivity contribution in [2.45, 2.75) is 24.9 Å². The molecule has 0 unspecified atom stereocenters. The molecule has 198 valence electrons. The van der Waals surface area contributed by atoms with Gasteiger partial charge in [-0.25, -0.2) is 19.2 Å². The van der Waals surface area contributed by atoms with Crippen LogP contribution in [0.1, 0.15) is 26.3 Å². The van der Waals surface area contributed by atoms with Gasteiger partial charge in [0.25, 0.3) is 0 Å². The third-order valence-electron chi connectivity index (χ3n) is 5.24. The first kappa shape index (κ1) is 28.4. The second-order valence-corrected chi connectivity index (χ2v) is 8.36. The summed E-state index contributed by atoms with van der Waals surface area (Å²) in [6, 6.07) is 24.7. The van der Waals surface area contributed by atoms with Crippen molar-refractivity contribution in [1.29, 1.82) is 0 Å². The average molecular weight is 540 g/mol. The van der Waals surface area contributed by atoms with Crippen molar-refractivity contribution in [3.05, 3.63) is 108 Å². The van der Waals surface area contributed by atoms with Crippen LogP contribution in [0.4, 0.5) is 0 Å². The van der Waals surface area contributed by atoms with Crippen molar-refractivity contribution >= 4 is 35.5 Å². The number of rotatable bonds is 13. The van der Waals surface area contributed by atoms with Crippen LogP contribution in [0, 0.1) is 0 Å². The number of ether oxygens (including phenoxy) is 3. The smallest absolute Gasteiger partial charge is 0.352 e. The van der Waals surface area contributed by atoms with Gasteiger partial charge in [0.2, 0.25) is 12.2 Å². The Balaban J connectivity index is 1.77. The Morgan fingerprint density at radius 1 is 0.711 bits per heavy atom. The number of aliphatic carboxylic acids is 1. The largest absolute Gasteiger partial charge is 0.478 e. The quantitative estimate of drug-likeness (QED) is 0.190. The van der Waals surface area contributed by atoms with Crippen molar-refractivity contribution < 1.29 is 38.5 Å². The van der Waals surface area contributed by atoms with E-state index < -0.39 is 42.2 Å². The fourth-order valence-electron chi connectivity index (χ4n) is 3.32. The highest BCUT2D eigenvalue weighted by Gasteiger charge is 2.42. The van der Waals surface area contributed by atoms with Crippen LogP contribution in [0.2, 0.25) is 0 Å². The van der Waals surface area contributed by atoms with Gasteiger partial charge in [0.1, 0.15) is 6.10 Å². The lowest BCUT2D eigenvalue weighted by atomic mass is 10.1. The number of hydrogen-bond acceptors (Lipinski definition) is 8. The molecule has 38 heavy (non-hydrogen) atoms. The molecule has 0 bridgehead atoms. The van der Waals surface area contributed by atoms with Crippen molar-refractivity contribution in [1.82, 2.24) is 5.32 Å². The summed E-state index contributed by atoms with van der Waals surface area (Å²) < 4.78 is 15.7. The molecule has 10 heteroatoms. The van der Waals surface area contributed by atoms with Gasteiger partial charge >= 0.3 is 23.9 Å². The fourth-order valence-corrected chi connectivity index (χ4v) is 3.49. The van der Waals surface area contributed by atoms with Gasteiger partial charge in [-0.2, -0.15) is 0 Å². The molecule has 0 amide bonds. The first-order chi connectivity index (χ1) is 18.4. The van der Waals surface area contributed by atoms with Crippen molar-refractivity contribution in [2.24, 2.45) is 0 Å². The summed E-state index contributed by atoms with van der Waals surface area (Å²) in [5.74, 6) is -5.09. The number of carbonyl (C=O) groups excluding carboxylic acids is 3. The number of benzene rings is 3. The molecule has 0 saturated heterocycles. The highest BCUT2D eigenvalue weighted by molar-refractivity contribution is 6.18. The molecule has 0 spiro atoms. The predicted molar refractivity (Wildman–Crippen MR) is 138 cm³/mol. The van der Waals surface area contributed by atoms with Gasteiger partial charge < -0.3 is 24.6 Å². The van der Waals surface area contributed by atoms with Crippen LogP contribution < -0.4 is 5.32 Å². The van der Waals surface area contributed by atoms with Crippen LogP contribution in [-0.4, -0.2) is 59.7 Å². The number of carbonyl (C=O) groups is 4. The second kappa shape index (κ2) is 14.5. The fraction of sp³-hybridized carbons (Fsp3) is 0.214. The van der Waals surface area contributed by atoms with Gasteiger partial charge in [-0.3, -0.25) is 0 Å². The summed E-state index contributed by atoms with van der Waals surface area (Å²) in [4.78, 5) is 50.5. The zero-order chi connectivity index (χ0) is 27.3. The zero-order valence-corrected chi connectivity index (χ0v) is 21.0. The summed E-state index contributed by atoms with van der Waals surface area (Å²) in [7, 11) is 0. The molecule has 0 aliphatic heterocycles. The number of nitrogens with one attached hydrogen (secondary N) is 1. The lowest BCUT2D eigenvalue weighted by Gasteiger charge is -2.25. The molecular weight excluding hydrogens is 514 g/mol. The van der Waals surface area contributed by atoms with Gasteiger partial charge in [-0.1, -0.05) is 66.7 Å². The van der Waals surface area contributed by atoms with Gasteiger partial charge in [0.05, 0.1) is 17.0 Å². The Labute approximate surface area is 224 Å². The molecule has 0 radical (unpaired) electrons. The number of carboxylic acids is 1.